The summed E-state index contributed by atoms with van der Waals surface area (Å²) >= 11 is 2.82. The van der Waals surface area contributed by atoms with E-state index in [1.165, 1.54) is 30.0 Å². The van der Waals surface area contributed by atoms with E-state index in [0.29, 0.717) is 28.6 Å². The van der Waals surface area contributed by atoms with Gasteiger partial charge in [-0.1, -0.05) is 47.4 Å². The van der Waals surface area contributed by atoms with E-state index in [1.807, 2.05) is 12.1 Å². The van der Waals surface area contributed by atoms with Crippen molar-refractivity contribution in [2.45, 2.75) is 23.6 Å². The summed E-state index contributed by atoms with van der Waals surface area (Å²) in [4.78, 5) is 23.3. The molecule has 0 saturated heterocycles. The zero-order valence-corrected chi connectivity index (χ0v) is 17.1. The molecule has 0 atom stereocenters. The number of thioether (sulfide) groups is 1. The van der Waals surface area contributed by atoms with E-state index in [9.17, 15) is 9.59 Å². The summed E-state index contributed by atoms with van der Waals surface area (Å²) in [5.74, 6) is 0.330. The van der Waals surface area contributed by atoms with Gasteiger partial charge >= 0.3 is 0 Å². The first-order chi connectivity index (χ1) is 14.0. The molecule has 0 bridgehead atoms. The minimum atomic E-state index is -0.268. The molecule has 0 unspecified atom stereocenters. The number of anilines is 1. The van der Waals surface area contributed by atoms with Gasteiger partial charge in [0.15, 0.2) is 4.34 Å². The average molecular weight is 424 g/mol. The summed E-state index contributed by atoms with van der Waals surface area (Å²) in [5.41, 5.74) is 3.12. The number of carbonyl (C=O) groups is 2. The molecule has 0 aliphatic heterocycles. The van der Waals surface area contributed by atoms with Crippen molar-refractivity contribution in [1.82, 2.24) is 15.5 Å². The lowest BCUT2D eigenvalue weighted by Gasteiger charge is -2.04. The van der Waals surface area contributed by atoms with Crippen LogP contribution in [0.5, 0.6) is 0 Å². The van der Waals surface area contributed by atoms with E-state index in [0.717, 1.165) is 15.5 Å². The minimum Gasteiger partial charge on any atom is -0.352 e. The first-order valence-corrected chi connectivity index (χ1v) is 10.4. The number of benzene rings is 2. The van der Waals surface area contributed by atoms with Crippen LogP contribution in [0.1, 0.15) is 34.0 Å². The SMILES string of the molecule is CC(=O)NCc1ccc(C(=O)Nc2nnc(SCc3ccc(C#N)cc3)s2)cc1. The maximum atomic E-state index is 12.4. The van der Waals surface area contributed by atoms with Crippen LogP contribution in [0.15, 0.2) is 52.9 Å². The number of nitrogens with one attached hydrogen (secondary N) is 2. The zero-order chi connectivity index (χ0) is 20.6. The predicted molar refractivity (Wildman–Crippen MR) is 113 cm³/mol. The fraction of sp³-hybridized carbons (Fsp3) is 0.150. The molecule has 0 fully saturated rings. The number of amides is 2. The molecule has 2 aromatic carbocycles. The van der Waals surface area contributed by atoms with E-state index in [2.05, 4.69) is 26.9 Å². The van der Waals surface area contributed by atoms with Gasteiger partial charge in [-0.2, -0.15) is 5.26 Å². The Balaban J connectivity index is 1.53. The highest BCUT2D eigenvalue weighted by Crippen LogP contribution is 2.28. The Labute approximate surface area is 176 Å². The Bertz CT molecular complexity index is 1040. The second kappa shape index (κ2) is 9.82. The standard InChI is InChI=1S/C20H17N5O2S2/c1-13(26)22-11-15-6-8-17(9-7-15)18(27)23-19-24-25-20(29-19)28-12-16-4-2-14(10-21)3-5-16/h2-9H,11-12H2,1H3,(H,22,26)(H,23,24,27). The maximum absolute atomic E-state index is 12.4. The second-order valence-electron chi connectivity index (χ2n) is 6.03. The van der Waals surface area contributed by atoms with E-state index >= 15 is 0 Å². The van der Waals surface area contributed by atoms with Crippen LogP contribution >= 0.6 is 23.1 Å². The quantitative estimate of drug-likeness (QED) is 0.444. The Morgan fingerprint density at radius 1 is 1.07 bits per heavy atom. The predicted octanol–water partition coefficient (Wildman–Crippen LogP) is 3.59. The molecule has 2 N–H and O–H groups in total. The molecule has 9 heteroatoms. The van der Waals surface area contributed by atoms with Crippen LogP contribution in [0.3, 0.4) is 0 Å². The minimum absolute atomic E-state index is 0.101. The highest BCUT2D eigenvalue weighted by molar-refractivity contribution is 8.00. The number of nitrogens with zero attached hydrogens (tertiary/aromatic N) is 3. The molecule has 2 amide bonds. The van der Waals surface area contributed by atoms with Crippen LogP contribution in [-0.2, 0) is 17.1 Å². The van der Waals surface area contributed by atoms with Crippen molar-refractivity contribution >= 4 is 40.0 Å². The third-order valence-corrected chi connectivity index (χ3v) is 5.87. The second-order valence-corrected chi connectivity index (χ2v) is 8.23. The van der Waals surface area contributed by atoms with Crippen molar-refractivity contribution in [3.63, 3.8) is 0 Å². The molecule has 0 spiro atoms. The van der Waals surface area contributed by atoms with Crippen molar-refractivity contribution < 1.29 is 9.59 Å². The van der Waals surface area contributed by atoms with Gasteiger partial charge in [0, 0.05) is 24.8 Å². The molecule has 1 heterocycles. The molecule has 3 aromatic rings. The van der Waals surface area contributed by atoms with Crippen LogP contribution in [0.4, 0.5) is 5.13 Å². The Morgan fingerprint density at radius 2 is 1.76 bits per heavy atom. The van der Waals surface area contributed by atoms with E-state index in [4.69, 9.17) is 5.26 Å². The van der Waals surface area contributed by atoms with Crippen LogP contribution in [0, 0.1) is 11.3 Å². The van der Waals surface area contributed by atoms with Crippen LogP contribution < -0.4 is 10.6 Å². The summed E-state index contributed by atoms with van der Waals surface area (Å²) in [6.45, 7) is 1.88. The third kappa shape index (κ3) is 6.14. The molecule has 0 radical (unpaired) electrons. The highest BCUT2D eigenvalue weighted by Gasteiger charge is 2.11. The van der Waals surface area contributed by atoms with Gasteiger partial charge in [0.25, 0.3) is 5.91 Å². The molecule has 1 aromatic heterocycles. The monoisotopic (exact) mass is 423 g/mol. The van der Waals surface area contributed by atoms with E-state index < -0.39 is 0 Å². The normalized spacial score (nSPS) is 10.2. The fourth-order valence-corrected chi connectivity index (χ4v) is 4.01. The van der Waals surface area contributed by atoms with Crippen LogP contribution in [0.25, 0.3) is 0 Å². The van der Waals surface area contributed by atoms with E-state index in [1.54, 1.807) is 36.4 Å². The summed E-state index contributed by atoms with van der Waals surface area (Å²) in [7, 11) is 0. The van der Waals surface area contributed by atoms with E-state index in [-0.39, 0.29) is 11.8 Å². The lowest BCUT2D eigenvalue weighted by molar-refractivity contribution is -0.119. The van der Waals surface area contributed by atoms with Gasteiger partial charge in [-0.25, -0.2) is 0 Å². The topological polar surface area (TPSA) is 108 Å². The van der Waals surface area contributed by atoms with Gasteiger partial charge in [0.1, 0.15) is 0 Å². The molecule has 0 aliphatic rings. The molecular weight excluding hydrogens is 406 g/mol. The van der Waals surface area contributed by atoms with Crippen molar-refractivity contribution in [2.75, 3.05) is 5.32 Å². The molecular formula is C20H17N5O2S2. The maximum Gasteiger partial charge on any atom is 0.257 e. The summed E-state index contributed by atoms with van der Waals surface area (Å²) in [6.07, 6.45) is 0. The van der Waals surface area contributed by atoms with Gasteiger partial charge < -0.3 is 5.32 Å². The van der Waals surface area contributed by atoms with Crippen molar-refractivity contribution in [2.24, 2.45) is 0 Å². The summed E-state index contributed by atoms with van der Waals surface area (Å²) < 4.78 is 0.746. The number of carbonyl (C=O) groups excluding carboxylic acids is 2. The molecule has 29 heavy (non-hydrogen) atoms. The Morgan fingerprint density at radius 3 is 2.41 bits per heavy atom. The number of rotatable bonds is 7. The summed E-state index contributed by atoms with van der Waals surface area (Å²) in [5, 5.41) is 22.8. The molecule has 146 valence electrons. The number of hydrogen-bond acceptors (Lipinski definition) is 7. The van der Waals surface area contributed by atoms with Crippen molar-refractivity contribution in [1.29, 1.82) is 5.26 Å². The first-order valence-electron chi connectivity index (χ1n) is 8.63. The Kier molecular flexibility index (Phi) is 6.94. The van der Waals surface area contributed by atoms with Crippen molar-refractivity contribution in [3.8, 4) is 6.07 Å². The zero-order valence-electron chi connectivity index (χ0n) is 15.5. The number of aromatic nitrogens is 2. The summed E-state index contributed by atoms with van der Waals surface area (Å²) in [6, 6.07) is 16.5. The molecule has 7 nitrogen and oxygen atoms in total. The highest BCUT2D eigenvalue weighted by atomic mass is 32.2. The third-order valence-electron chi connectivity index (χ3n) is 3.83. The Hall–Kier alpha value is -3.22. The first kappa shape index (κ1) is 20.5. The fourth-order valence-electron chi connectivity index (χ4n) is 2.31. The van der Waals surface area contributed by atoms with Gasteiger partial charge in [-0.3, -0.25) is 14.9 Å². The van der Waals surface area contributed by atoms with Gasteiger partial charge in [0.05, 0.1) is 11.6 Å². The lowest BCUT2D eigenvalue weighted by Crippen LogP contribution is -2.19. The van der Waals surface area contributed by atoms with Gasteiger partial charge in [0.2, 0.25) is 11.0 Å². The van der Waals surface area contributed by atoms with Crippen molar-refractivity contribution in [3.05, 3.63) is 70.8 Å². The molecule has 0 aliphatic carbocycles. The number of hydrogen-bond donors (Lipinski definition) is 2. The van der Waals surface area contributed by atoms with Gasteiger partial charge in [-0.05, 0) is 35.4 Å². The number of nitriles is 1. The molecule has 3 rings (SSSR count). The molecule has 0 saturated carbocycles. The average Bonchev–Trinajstić information content (AvgIpc) is 3.18. The largest absolute Gasteiger partial charge is 0.352 e. The van der Waals surface area contributed by atoms with Gasteiger partial charge in [-0.15, -0.1) is 10.2 Å². The smallest absolute Gasteiger partial charge is 0.257 e. The van der Waals surface area contributed by atoms with Crippen LogP contribution in [0.2, 0.25) is 0 Å². The van der Waals surface area contributed by atoms with Crippen LogP contribution in [-0.4, -0.2) is 22.0 Å². The lowest BCUT2D eigenvalue weighted by atomic mass is 10.1.